The highest BCUT2D eigenvalue weighted by Crippen LogP contribution is 2.53. The van der Waals surface area contributed by atoms with Crippen molar-refractivity contribution in [1.82, 2.24) is 9.55 Å². The number of nitrogens with zero attached hydrogens (tertiary/aromatic N) is 3. The molecule has 39 heavy (non-hydrogen) atoms. The number of anilines is 1. The Balaban J connectivity index is 1.86. The molecule has 0 radical (unpaired) electrons. The van der Waals surface area contributed by atoms with E-state index in [1.165, 1.54) is 0 Å². The van der Waals surface area contributed by atoms with Crippen molar-refractivity contribution in [2.75, 3.05) is 24.6 Å². The summed E-state index contributed by atoms with van der Waals surface area (Å²) >= 11 is 0. The number of carbonyl (C=O) groups excluding carboxylic acids is 1. The van der Waals surface area contributed by atoms with Gasteiger partial charge in [0.2, 0.25) is 5.60 Å². The van der Waals surface area contributed by atoms with Crippen molar-refractivity contribution in [2.45, 2.75) is 60.1 Å². The molecule has 1 aliphatic rings. The predicted octanol–water partition coefficient (Wildman–Crippen LogP) is 7.10. The number of carbonyl (C=O) groups is 1. The minimum absolute atomic E-state index is 0.369. The second kappa shape index (κ2) is 10.8. The Labute approximate surface area is 231 Å². The smallest absolute Gasteiger partial charge is 0.341 e. The Bertz CT molecular complexity index is 1500. The lowest BCUT2D eigenvalue weighted by Crippen LogP contribution is -2.32. The van der Waals surface area contributed by atoms with Gasteiger partial charge in [0.05, 0.1) is 12.2 Å². The summed E-state index contributed by atoms with van der Waals surface area (Å²) in [6.07, 6.45) is 2.79. The van der Waals surface area contributed by atoms with Crippen LogP contribution in [0.2, 0.25) is 0 Å². The lowest BCUT2D eigenvalue weighted by molar-refractivity contribution is 0.0238. The van der Waals surface area contributed by atoms with E-state index in [9.17, 15) is 4.79 Å². The molecular weight excluding hydrogens is 486 g/mol. The molecule has 0 spiro atoms. The Kier molecular flexibility index (Phi) is 7.39. The summed E-state index contributed by atoms with van der Waals surface area (Å²) < 4.78 is 15.2. The van der Waals surface area contributed by atoms with Crippen LogP contribution in [-0.2, 0) is 16.9 Å². The maximum absolute atomic E-state index is 13.5. The van der Waals surface area contributed by atoms with Gasteiger partial charge in [-0.25, -0.2) is 4.79 Å². The fourth-order valence-corrected chi connectivity index (χ4v) is 5.99. The first-order valence-electron chi connectivity index (χ1n) is 14.2. The number of aryl methyl sites for hydroxylation is 1. The van der Waals surface area contributed by atoms with Gasteiger partial charge in [-0.05, 0) is 70.4 Å². The molecule has 0 aliphatic carbocycles. The van der Waals surface area contributed by atoms with Gasteiger partial charge in [0.25, 0.3) is 0 Å². The number of benzene rings is 2. The van der Waals surface area contributed by atoms with E-state index in [0.717, 1.165) is 59.5 Å². The first kappa shape index (κ1) is 26.8. The van der Waals surface area contributed by atoms with E-state index in [0.29, 0.717) is 29.5 Å². The summed E-state index contributed by atoms with van der Waals surface area (Å²) in [6, 6.07) is 18.3. The minimum Gasteiger partial charge on any atom is -0.493 e. The number of aromatic nitrogens is 2. The monoisotopic (exact) mass is 525 g/mol. The van der Waals surface area contributed by atoms with Crippen LogP contribution in [0.1, 0.15) is 73.9 Å². The number of fused-ring (bicyclic) bond motifs is 2. The summed E-state index contributed by atoms with van der Waals surface area (Å²) in [5, 5.41) is 1.06. The van der Waals surface area contributed by atoms with Gasteiger partial charge in [-0.3, -0.25) is 4.98 Å². The molecule has 0 saturated carbocycles. The number of esters is 1. The summed E-state index contributed by atoms with van der Waals surface area (Å²) in [5.41, 5.74) is 4.87. The first-order chi connectivity index (χ1) is 18.9. The zero-order valence-electron chi connectivity index (χ0n) is 24.0. The molecule has 4 aromatic rings. The second-order valence-corrected chi connectivity index (χ2v) is 10.6. The molecule has 0 N–H and O–H groups in total. The Hall–Kier alpha value is -3.80. The summed E-state index contributed by atoms with van der Waals surface area (Å²) in [6.45, 7) is 16.0. The summed E-state index contributed by atoms with van der Waals surface area (Å²) in [4.78, 5) is 20.6. The van der Waals surface area contributed by atoms with Gasteiger partial charge in [-0.1, -0.05) is 32.0 Å². The third-order valence-corrected chi connectivity index (χ3v) is 7.89. The fraction of sp³-hybridized carbons (Fsp3) is 0.394. The Morgan fingerprint density at radius 1 is 1.05 bits per heavy atom. The zero-order chi connectivity index (χ0) is 27.7. The minimum atomic E-state index is -1.24. The molecule has 0 amide bonds. The van der Waals surface area contributed by atoms with Gasteiger partial charge in [-0.2, -0.15) is 0 Å². The highest BCUT2D eigenvalue weighted by molar-refractivity contribution is 5.98. The summed E-state index contributed by atoms with van der Waals surface area (Å²) in [7, 11) is 0. The van der Waals surface area contributed by atoms with Gasteiger partial charge in [0.15, 0.2) is 0 Å². The van der Waals surface area contributed by atoms with Crippen LogP contribution in [0.25, 0.3) is 10.9 Å². The molecule has 0 fully saturated rings. The van der Waals surface area contributed by atoms with Crippen LogP contribution in [-0.4, -0.2) is 35.2 Å². The molecule has 204 valence electrons. The van der Waals surface area contributed by atoms with Crippen molar-refractivity contribution in [3.05, 3.63) is 88.9 Å². The highest BCUT2D eigenvalue weighted by atomic mass is 16.6. The normalized spacial score (nSPS) is 16.5. The number of hydrogen-bond acceptors (Lipinski definition) is 5. The molecule has 0 saturated heterocycles. The molecular formula is C33H39N3O3. The molecule has 2 aromatic carbocycles. The Morgan fingerprint density at radius 2 is 1.82 bits per heavy atom. The molecule has 1 atom stereocenters. The molecule has 2 aromatic heterocycles. The van der Waals surface area contributed by atoms with E-state index >= 15 is 0 Å². The molecule has 6 heteroatoms. The van der Waals surface area contributed by atoms with E-state index < -0.39 is 5.60 Å². The quantitative estimate of drug-likeness (QED) is 0.207. The number of hydrogen-bond donors (Lipinski definition) is 0. The van der Waals surface area contributed by atoms with Crippen molar-refractivity contribution in [2.24, 2.45) is 5.92 Å². The average Bonchev–Trinajstić information content (AvgIpc) is 3.39. The van der Waals surface area contributed by atoms with Crippen molar-refractivity contribution in [3.8, 4) is 5.75 Å². The standard InChI is InChI=1S/C33H39N3O3/c1-7-35(8-2)24-16-17-27(29(21-24)38-9-3)33(31-26(32(37)39-33)14-12-19-34-31)30-23(6)36(20-18-22(4)5)28-15-11-10-13-25(28)30/h10-17,19,21-22H,7-9,18,20H2,1-6H3. The SMILES string of the molecule is CCOc1cc(N(CC)CC)ccc1C1(c2c(C)n(CCC(C)C)c3ccccc23)OC(=O)c2cccnc21. The number of ether oxygens (including phenoxy) is 2. The lowest BCUT2D eigenvalue weighted by atomic mass is 9.80. The van der Waals surface area contributed by atoms with Crippen molar-refractivity contribution in [1.29, 1.82) is 0 Å². The number of rotatable bonds is 10. The van der Waals surface area contributed by atoms with Crippen LogP contribution in [0, 0.1) is 12.8 Å². The lowest BCUT2D eigenvalue weighted by Gasteiger charge is -2.32. The van der Waals surface area contributed by atoms with Crippen molar-refractivity contribution >= 4 is 22.6 Å². The maximum Gasteiger partial charge on any atom is 0.341 e. The van der Waals surface area contributed by atoms with Crippen LogP contribution < -0.4 is 9.64 Å². The van der Waals surface area contributed by atoms with Crippen LogP contribution in [0.4, 0.5) is 5.69 Å². The Morgan fingerprint density at radius 3 is 2.54 bits per heavy atom. The third kappa shape index (κ3) is 4.36. The highest BCUT2D eigenvalue weighted by Gasteiger charge is 2.54. The largest absolute Gasteiger partial charge is 0.493 e. The van der Waals surface area contributed by atoms with Crippen molar-refractivity contribution in [3.63, 3.8) is 0 Å². The molecule has 0 bridgehead atoms. The van der Waals surface area contributed by atoms with E-state index in [1.54, 1.807) is 12.3 Å². The molecule has 1 unspecified atom stereocenters. The third-order valence-electron chi connectivity index (χ3n) is 7.89. The molecule has 3 heterocycles. The zero-order valence-corrected chi connectivity index (χ0v) is 24.0. The number of para-hydroxylation sites is 1. The summed E-state index contributed by atoms with van der Waals surface area (Å²) in [5.74, 6) is 0.894. The topological polar surface area (TPSA) is 56.6 Å². The van der Waals surface area contributed by atoms with E-state index in [1.807, 2.05) is 13.0 Å². The average molecular weight is 526 g/mol. The molecule has 5 rings (SSSR count). The first-order valence-corrected chi connectivity index (χ1v) is 14.2. The maximum atomic E-state index is 13.5. The van der Waals surface area contributed by atoms with E-state index in [2.05, 4.69) is 86.6 Å². The van der Waals surface area contributed by atoms with Crippen LogP contribution >= 0.6 is 0 Å². The van der Waals surface area contributed by atoms with E-state index in [-0.39, 0.29) is 5.97 Å². The fourth-order valence-electron chi connectivity index (χ4n) is 5.99. The molecule has 6 nitrogen and oxygen atoms in total. The van der Waals surface area contributed by atoms with Crippen LogP contribution in [0.5, 0.6) is 5.75 Å². The molecule has 1 aliphatic heterocycles. The van der Waals surface area contributed by atoms with Crippen molar-refractivity contribution < 1.29 is 14.3 Å². The van der Waals surface area contributed by atoms with Gasteiger partial charge < -0.3 is 18.9 Å². The number of cyclic esters (lactones) is 1. The van der Waals surface area contributed by atoms with Gasteiger partial charge in [0, 0.05) is 65.3 Å². The van der Waals surface area contributed by atoms with Gasteiger partial charge in [-0.15, -0.1) is 0 Å². The predicted molar refractivity (Wildman–Crippen MR) is 157 cm³/mol. The van der Waals surface area contributed by atoms with Crippen LogP contribution in [0.15, 0.2) is 60.8 Å². The second-order valence-electron chi connectivity index (χ2n) is 10.6. The van der Waals surface area contributed by atoms with Gasteiger partial charge in [0.1, 0.15) is 11.4 Å². The number of pyridine rings is 1. The van der Waals surface area contributed by atoms with E-state index in [4.69, 9.17) is 14.5 Å². The van der Waals surface area contributed by atoms with Crippen LogP contribution in [0.3, 0.4) is 0 Å². The van der Waals surface area contributed by atoms with Gasteiger partial charge >= 0.3 is 5.97 Å².